The third-order valence-corrected chi connectivity index (χ3v) is 17.4. The molecule has 0 spiro atoms. The number of rotatable bonds is 6. The summed E-state index contributed by atoms with van der Waals surface area (Å²) in [4.78, 5) is 50.4. The minimum atomic E-state index is -0.934. The van der Waals surface area contributed by atoms with Crippen LogP contribution in [0.4, 0.5) is 0 Å². The van der Waals surface area contributed by atoms with Crippen molar-refractivity contribution >= 4 is 29.7 Å². The molecule has 55 heavy (non-hydrogen) atoms. The monoisotopic (exact) mass is 776 g/mol. The molecule has 0 aromatic carbocycles. The first-order chi connectivity index (χ1) is 25.6. The van der Waals surface area contributed by atoms with Crippen molar-refractivity contribution in [2.75, 3.05) is 19.8 Å². The fourth-order valence-corrected chi connectivity index (χ4v) is 13.5. The van der Waals surface area contributed by atoms with Gasteiger partial charge in [-0.15, -0.1) is 5.16 Å². The molecule has 312 valence electrons. The fraction of sp³-hybridized carbons (Fsp3) is 0.881. The van der Waals surface area contributed by atoms with Gasteiger partial charge in [-0.1, -0.05) is 55.4 Å². The van der Waals surface area contributed by atoms with Crippen LogP contribution in [-0.4, -0.2) is 99.5 Å². The topological polar surface area (TPSA) is 226 Å². The zero-order valence-corrected chi connectivity index (χ0v) is 34.3. The molecule has 7 N–H and O–H groups in total. The lowest BCUT2D eigenvalue weighted by molar-refractivity contribution is -0.211. The van der Waals surface area contributed by atoms with Gasteiger partial charge in [0.2, 0.25) is 0 Å². The fourth-order valence-electron chi connectivity index (χ4n) is 13.5. The Morgan fingerprint density at radius 3 is 1.56 bits per heavy atom. The van der Waals surface area contributed by atoms with Gasteiger partial charge in [-0.05, 0) is 85.9 Å². The van der Waals surface area contributed by atoms with Gasteiger partial charge in [0.15, 0.2) is 0 Å². The van der Waals surface area contributed by atoms with Crippen molar-refractivity contribution in [1.29, 1.82) is 0 Å². The number of carbonyl (C=O) groups excluding carboxylic acids is 4. The summed E-state index contributed by atoms with van der Waals surface area (Å²) in [6, 6.07) is 0. The minimum absolute atomic E-state index is 0.0520. The summed E-state index contributed by atoms with van der Waals surface area (Å²) in [6.07, 6.45) is 5.19. The number of nitrogens with zero attached hydrogens (tertiary/aromatic N) is 1. The van der Waals surface area contributed by atoms with E-state index in [0.29, 0.717) is 25.7 Å². The average Bonchev–Trinajstić information content (AvgIpc) is 3.70. The number of oxime groups is 1. The van der Waals surface area contributed by atoms with Crippen LogP contribution in [0, 0.1) is 68.0 Å². The zero-order valence-electron chi connectivity index (χ0n) is 34.3. The smallest absolute Gasteiger partial charge is 0.332 e. The Morgan fingerprint density at radius 2 is 1.16 bits per heavy atom. The molecule has 0 amide bonds. The van der Waals surface area contributed by atoms with Gasteiger partial charge >= 0.3 is 11.9 Å². The molecule has 0 aromatic heterocycles. The molecule has 6 aliphatic rings. The summed E-state index contributed by atoms with van der Waals surface area (Å²) < 4.78 is 11.5. The SMILES string of the molecule is C[C@@H]1CC[C@@]23CCC(=O)[C@H]2[C@]1(C)[C@H](OC(=O)CO)C[C@@](C)(/C=N/O)[C@@H](O)[C@@H]3C.C[C@@H]1CC[C@@]23CCC(=O)[C@H]2[C@]1(C)[C@H](OC(=O)CO)C[C@@](C)(CN)[C@@H](O)[C@@H]3C. The number of carbonyl (C=O) groups is 4. The first-order valence-corrected chi connectivity index (χ1v) is 20.5. The third kappa shape index (κ3) is 6.59. The second kappa shape index (κ2) is 15.4. The van der Waals surface area contributed by atoms with E-state index in [1.165, 1.54) is 6.21 Å². The number of aliphatic hydroxyl groups is 4. The maximum absolute atomic E-state index is 13.1. The largest absolute Gasteiger partial charge is 0.460 e. The van der Waals surface area contributed by atoms with Crippen LogP contribution in [0.1, 0.15) is 120 Å². The molecule has 6 saturated carbocycles. The number of hydrogen-bond acceptors (Lipinski definition) is 13. The number of ketones is 2. The van der Waals surface area contributed by atoms with Gasteiger partial charge in [-0.25, -0.2) is 9.59 Å². The van der Waals surface area contributed by atoms with Crippen LogP contribution in [0.15, 0.2) is 5.16 Å². The molecule has 0 aliphatic heterocycles. The number of Topliss-reactive ketones (excluding diaryl/α,β-unsaturated/α-hetero) is 2. The van der Waals surface area contributed by atoms with Crippen molar-refractivity contribution in [3.05, 3.63) is 0 Å². The molecule has 13 nitrogen and oxygen atoms in total. The van der Waals surface area contributed by atoms with E-state index in [-0.39, 0.29) is 70.9 Å². The van der Waals surface area contributed by atoms with Crippen LogP contribution in [0.25, 0.3) is 0 Å². The number of nitrogens with two attached hydrogens (primary N) is 1. The summed E-state index contributed by atoms with van der Waals surface area (Å²) in [5, 5.41) is 53.7. The van der Waals surface area contributed by atoms with Crippen LogP contribution < -0.4 is 5.73 Å². The summed E-state index contributed by atoms with van der Waals surface area (Å²) in [6.45, 7) is 15.0. The number of ether oxygens (including phenoxy) is 2. The Balaban J connectivity index is 0.000000211. The normalized spacial score (nSPS) is 49.3. The van der Waals surface area contributed by atoms with Crippen LogP contribution in [0.3, 0.4) is 0 Å². The molecule has 0 heterocycles. The lowest BCUT2D eigenvalue weighted by atomic mass is 9.44. The minimum Gasteiger partial charge on any atom is -0.460 e. The van der Waals surface area contributed by atoms with E-state index in [0.717, 1.165) is 32.1 Å². The van der Waals surface area contributed by atoms with Crippen LogP contribution in [0.5, 0.6) is 0 Å². The Kier molecular flexibility index (Phi) is 12.2. The highest BCUT2D eigenvalue weighted by Crippen LogP contribution is 2.69. The standard InChI is InChI=1S/C21H33NO6.C21H35NO5/c1-12-5-7-21-8-6-14(24)17(21)20(12,4)15(28-16(25)10-23)9-19(3,11-22-27)18(26)13(21)2;1-12-5-7-21-8-6-14(24)17(21)20(12,4)15(27-16(25)10-23)9-19(3,11-22)18(26)13(21)2/h11-13,15,17-18,23,26-27H,5-10H2,1-4H3;12-13,15,17-18,23,26H,5-11,22H2,1-4H3/b22-11+;/t2*12-,13+,15-,17+,18+,19+,20+,21+/m11/s1. The lowest BCUT2D eigenvalue weighted by Crippen LogP contribution is -2.64. The van der Waals surface area contributed by atoms with Gasteiger partial charge in [0.05, 0.1) is 18.4 Å². The van der Waals surface area contributed by atoms with E-state index in [1.54, 1.807) is 6.92 Å². The maximum Gasteiger partial charge on any atom is 0.332 e. The Bertz CT molecular complexity index is 1520. The molecule has 6 rings (SSSR count). The second-order valence-corrected chi connectivity index (χ2v) is 19.6. The van der Waals surface area contributed by atoms with Gasteiger partial charge in [0.1, 0.15) is 37.0 Å². The number of aliphatic hydroxyl groups excluding tert-OH is 4. The molecule has 4 bridgehead atoms. The molecule has 6 aliphatic carbocycles. The summed E-state index contributed by atoms with van der Waals surface area (Å²) in [5.74, 6) is -1.47. The lowest BCUT2D eigenvalue weighted by Gasteiger charge is -2.62. The van der Waals surface area contributed by atoms with E-state index in [9.17, 15) is 44.8 Å². The van der Waals surface area contributed by atoms with Crippen molar-refractivity contribution in [1.82, 2.24) is 0 Å². The van der Waals surface area contributed by atoms with Gasteiger partial charge in [0.25, 0.3) is 0 Å². The summed E-state index contributed by atoms with van der Waals surface area (Å²) >= 11 is 0. The Hall–Kier alpha value is -2.45. The summed E-state index contributed by atoms with van der Waals surface area (Å²) in [5.41, 5.74) is 2.76. The molecule has 13 heteroatoms. The number of hydrogen-bond donors (Lipinski definition) is 6. The molecule has 0 radical (unpaired) electrons. The molecule has 0 aromatic rings. The van der Waals surface area contributed by atoms with Crippen molar-refractivity contribution in [2.24, 2.45) is 78.9 Å². The highest BCUT2D eigenvalue weighted by atomic mass is 16.6. The van der Waals surface area contributed by atoms with Crippen molar-refractivity contribution in [2.45, 2.75) is 144 Å². The molecular weight excluding hydrogens is 708 g/mol. The van der Waals surface area contributed by atoms with E-state index < -0.39 is 71.2 Å². The first kappa shape index (κ1) is 43.7. The predicted molar refractivity (Wildman–Crippen MR) is 202 cm³/mol. The third-order valence-electron chi connectivity index (χ3n) is 17.4. The average molecular weight is 777 g/mol. The predicted octanol–water partition coefficient (Wildman–Crippen LogP) is 3.82. The molecule has 0 saturated heterocycles. The molecule has 0 unspecified atom stereocenters. The van der Waals surface area contributed by atoms with E-state index >= 15 is 0 Å². The molecule has 6 fully saturated rings. The maximum atomic E-state index is 13.1. The van der Waals surface area contributed by atoms with Crippen molar-refractivity contribution in [3.63, 3.8) is 0 Å². The first-order valence-electron chi connectivity index (χ1n) is 20.5. The van der Waals surface area contributed by atoms with Crippen molar-refractivity contribution in [3.8, 4) is 0 Å². The van der Waals surface area contributed by atoms with Crippen LogP contribution in [-0.2, 0) is 28.7 Å². The molecular formula is C42H68N2O11. The van der Waals surface area contributed by atoms with Crippen LogP contribution >= 0.6 is 0 Å². The highest BCUT2D eigenvalue weighted by molar-refractivity contribution is 5.86. The van der Waals surface area contributed by atoms with Crippen LogP contribution in [0.2, 0.25) is 0 Å². The van der Waals surface area contributed by atoms with Gasteiger partial charge < -0.3 is 40.8 Å². The van der Waals surface area contributed by atoms with Gasteiger partial charge in [0, 0.05) is 52.9 Å². The van der Waals surface area contributed by atoms with E-state index in [4.69, 9.17) is 15.2 Å². The van der Waals surface area contributed by atoms with Gasteiger partial charge in [-0.3, -0.25) is 9.59 Å². The Labute approximate surface area is 326 Å². The number of esters is 2. The zero-order chi connectivity index (χ0) is 41.1. The Morgan fingerprint density at radius 1 is 0.745 bits per heavy atom. The quantitative estimate of drug-likeness (QED) is 0.0980. The molecule has 16 atom stereocenters. The second-order valence-electron chi connectivity index (χ2n) is 19.6. The van der Waals surface area contributed by atoms with E-state index in [1.807, 2.05) is 20.8 Å². The highest BCUT2D eigenvalue weighted by Gasteiger charge is 2.70. The van der Waals surface area contributed by atoms with Crippen molar-refractivity contribution < 1.29 is 54.3 Å². The summed E-state index contributed by atoms with van der Waals surface area (Å²) in [7, 11) is 0. The van der Waals surface area contributed by atoms with Gasteiger partial charge in [-0.2, -0.15) is 0 Å². The van der Waals surface area contributed by atoms with E-state index in [2.05, 4.69) is 32.9 Å².